The minimum Gasteiger partial charge on any atom is -0.465 e. The summed E-state index contributed by atoms with van der Waals surface area (Å²) in [7, 11) is 0. The van der Waals surface area contributed by atoms with Crippen molar-refractivity contribution in [2.75, 3.05) is 6.54 Å². The maximum atomic E-state index is 10.5. The average molecular weight is 145 g/mol. The van der Waals surface area contributed by atoms with Crippen LogP contribution < -0.4 is 0 Å². The zero-order valence-electron chi connectivity index (χ0n) is 7.01. The van der Waals surface area contributed by atoms with Crippen LogP contribution in [0.4, 0.5) is 4.79 Å². The van der Waals surface area contributed by atoms with Crippen LogP contribution in [0.2, 0.25) is 0 Å². The number of hydrogen-bond donors (Lipinski definition) is 1. The van der Waals surface area contributed by atoms with E-state index in [2.05, 4.69) is 0 Å². The first-order valence-electron chi connectivity index (χ1n) is 3.40. The van der Waals surface area contributed by atoms with E-state index in [9.17, 15) is 4.79 Å². The van der Waals surface area contributed by atoms with Crippen molar-refractivity contribution in [1.29, 1.82) is 0 Å². The smallest absolute Gasteiger partial charge is 0.407 e. The van der Waals surface area contributed by atoms with Gasteiger partial charge in [0, 0.05) is 12.1 Å². The molecule has 3 nitrogen and oxygen atoms in total. The molecule has 0 saturated heterocycles. The minimum absolute atomic E-state index is 0.277. The molecule has 0 radical (unpaired) electrons. The summed E-state index contributed by atoms with van der Waals surface area (Å²) >= 11 is 0. The van der Waals surface area contributed by atoms with Gasteiger partial charge in [-0.3, -0.25) is 0 Å². The zero-order valence-corrected chi connectivity index (χ0v) is 7.01. The highest BCUT2D eigenvalue weighted by atomic mass is 16.4. The molecule has 1 N–H and O–H groups in total. The van der Waals surface area contributed by atoms with E-state index < -0.39 is 6.09 Å². The van der Waals surface area contributed by atoms with Gasteiger partial charge in [0.25, 0.3) is 0 Å². The Morgan fingerprint density at radius 3 is 1.90 bits per heavy atom. The second-order valence-electron chi connectivity index (χ2n) is 3.20. The lowest BCUT2D eigenvalue weighted by Gasteiger charge is -2.31. The van der Waals surface area contributed by atoms with Gasteiger partial charge in [-0.05, 0) is 27.7 Å². The van der Waals surface area contributed by atoms with Crippen molar-refractivity contribution < 1.29 is 9.90 Å². The SMILES string of the molecule is CCN(C(=O)O)C(C)(C)C. The minimum atomic E-state index is -0.852. The van der Waals surface area contributed by atoms with E-state index in [-0.39, 0.29) is 5.54 Å². The molecule has 0 atom stereocenters. The summed E-state index contributed by atoms with van der Waals surface area (Å²) in [4.78, 5) is 11.9. The van der Waals surface area contributed by atoms with Crippen LogP contribution in [0.25, 0.3) is 0 Å². The first kappa shape index (κ1) is 9.27. The molecule has 10 heavy (non-hydrogen) atoms. The maximum Gasteiger partial charge on any atom is 0.407 e. The van der Waals surface area contributed by atoms with Gasteiger partial charge in [-0.2, -0.15) is 0 Å². The quantitative estimate of drug-likeness (QED) is 0.611. The Labute approximate surface area is 61.6 Å². The second-order valence-corrected chi connectivity index (χ2v) is 3.20. The largest absolute Gasteiger partial charge is 0.465 e. The fourth-order valence-corrected chi connectivity index (χ4v) is 0.897. The molecule has 3 heteroatoms. The first-order valence-corrected chi connectivity index (χ1v) is 3.40. The van der Waals surface area contributed by atoms with E-state index in [1.54, 1.807) is 0 Å². The Balaban J connectivity index is 4.22. The molecule has 0 aromatic carbocycles. The predicted molar refractivity (Wildman–Crippen MR) is 40.2 cm³/mol. The van der Waals surface area contributed by atoms with E-state index in [0.717, 1.165) is 0 Å². The third-order valence-corrected chi connectivity index (χ3v) is 1.36. The lowest BCUT2D eigenvalue weighted by atomic mass is 10.1. The van der Waals surface area contributed by atoms with Crippen molar-refractivity contribution in [3.8, 4) is 0 Å². The highest BCUT2D eigenvalue weighted by Gasteiger charge is 2.23. The summed E-state index contributed by atoms with van der Waals surface area (Å²) in [5, 5.41) is 8.63. The van der Waals surface area contributed by atoms with Gasteiger partial charge in [-0.15, -0.1) is 0 Å². The van der Waals surface area contributed by atoms with Crippen molar-refractivity contribution >= 4 is 6.09 Å². The second kappa shape index (κ2) is 2.90. The summed E-state index contributed by atoms with van der Waals surface area (Å²) < 4.78 is 0. The van der Waals surface area contributed by atoms with Gasteiger partial charge in [0.15, 0.2) is 0 Å². The van der Waals surface area contributed by atoms with Crippen molar-refractivity contribution in [2.45, 2.75) is 33.2 Å². The van der Waals surface area contributed by atoms with E-state index in [0.29, 0.717) is 6.54 Å². The molecule has 0 spiro atoms. The van der Waals surface area contributed by atoms with Gasteiger partial charge in [-0.25, -0.2) is 4.79 Å². The fraction of sp³-hybridized carbons (Fsp3) is 0.857. The predicted octanol–water partition coefficient (Wildman–Crippen LogP) is 1.78. The first-order chi connectivity index (χ1) is 4.39. The van der Waals surface area contributed by atoms with Gasteiger partial charge in [0.05, 0.1) is 0 Å². The molecule has 0 saturated carbocycles. The highest BCUT2D eigenvalue weighted by Crippen LogP contribution is 2.11. The van der Waals surface area contributed by atoms with Crippen LogP contribution >= 0.6 is 0 Å². The lowest BCUT2D eigenvalue weighted by Crippen LogP contribution is -2.44. The lowest BCUT2D eigenvalue weighted by molar-refractivity contribution is 0.104. The van der Waals surface area contributed by atoms with Crippen LogP contribution in [-0.2, 0) is 0 Å². The molecular formula is C7H15NO2. The summed E-state index contributed by atoms with van der Waals surface area (Å²) in [6, 6.07) is 0. The van der Waals surface area contributed by atoms with Crippen LogP contribution in [0, 0.1) is 0 Å². The van der Waals surface area contributed by atoms with Gasteiger partial charge >= 0.3 is 6.09 Å². The van der Waals surface area contributed by atoms with E-state index in [4.69, 9.17) is 5.11 Å². The van der Waals surface area contributed by atoms with Crippen molar-refractivity contribution in [1.82, 2.24) is 4.90 Å². The fourth-order valence-electron chi connectivity index (χ4n) is 0.897. The van der Waals surface area contributed by atoms with Crippen LogP contribution in [0.5, 0.6) is 0 Å². The van der Waals surface area contributed by atoms with Gasteiger partial charge < -0.3 is 10.0 Å². The summed E-state index contributed by atoms with van der Waals surface area (Å²) in [5.74, 6) is 0. The van der Waals surface area contributed by atoms with E-state index in [1.807, 2.05) is 27.7 Å². The Morgan fingerprint density at radius 2 is 1.90 bits per heavy atom. The molecule has 0 heterocycles. The number of carboxylic acid groups (broad SMARTS) is 1. The summed E-state index contributed by atoms with van der Waals surface area (Å²) in [6.45, 7) is 8.01. The summed E-state index contributed by atoms with van der Waals surface area (Å²) in [6.07, 6.45) is -0.852. The van der Waals surface area contributed by atoms with E-state index in [1.165, 1.54) is 4.90 Å². The normalized spacial score (nSPS) is 11.2. The maximum absolute atomic E-state index is 10.5. The van der Waals surface area contributed by atoms with Crippen LogP contribution in [-0.4, -0.2) is 28.2 Å². The number of nitrogens with zero attached hydrogens (tertiary/aromatic N) is 1. The summed E-state index contributed by atoms with van der Waals surface area (Å²) in [5.41, 5.74) is -0.277. The van der Waals surface area contributed by atoms with Gasteiger partial charge in [0.1, 0.15) is 0 Å². The Kier molecular flexibility index (Phi) is 2.69. The Hall–Kier alpha value is -0.730. The van der Waals surface area contributed by atoms with E-state index >= 15 is 0 Å². The van der Waals surface area contributed by atoms with Crippen molar-refractivity contribution in [3.63, 3.8) is 0 Å². The Morgan fingerprint density at radius 1 is 1.50 bits per heavy atom. The molecule has 0 aromatic rings. The topological polar surface area (TPSA) is 40.5 Å². The van der Waals surface area contributed by atoms with Crippen LogP contribution in [0.3, 0.4) is 0 Å². The molecule has 0 unspecified atom stereocenters. The average Bonchev–Trinajstić information content (AvgIpc) is 1.60. The van der Waals surface area contributed by atoms with Crippen molar-refractivity contribution in [2.24, 2.45) is 0 Å². The van der Waals surface area contributed by atoms with Crippen LogP contribution in [0.15, 0.2) is 0 Å². The molecule has 0 bridgehead atoms. The van der Waals surface area contributed by atoms with Gasteiger partial charge in [0.2, 0.25) is 0 Å². The standard InChI is InChI=1S/C7H15NO2/c1-5-8(6(9)10)7(2,3)4/h5H2,1-4H3,(H,9,10). The molecule has 0 aliphatic rings. The molecule has 0 fully saturated rings. The zero-order chi connectivity index (χ0) is 8.36. The third-order valence-electron chi connectivity index (χ3n) is 1.36. The molecular weight excluding hydrogens is 130 g/mol. The number of amides is 1. The molecule has 0 aliphatic heterocycles. The highest BCUT2D eigenvalue weighted by molar-refractivity contribution is 5.65. The molecule has 0 aromatic heterocycles. The van der Waals surface area contributed by atoms with Gasteiger partial charge in [-0.1, -0.05) is 0 Å². The monoisotopic (exact) mass is 145 g/mol. The molecule has 60 valence electrons. The van der Waals surface area contributed by atoms with Crippen molar-refractivity contribution in [3.05, 3.63) is 0 Å². The molecule has 0 rings (SSSR count). The van der Waals surface area contributed by atoms with Crippen LogP contribution in [0.1, 0.15) is 27.7 Å². The number of carbonyl (C=O) groups is 1. The molecule has 0 aliphatic carbocycles. The number of hydrogen-bond acceptors (Lipinski definition) is 1. The number of rotatable bonds is 1. The third kappa shape index (κ3) is 2.25. The molecule has 1 amide bonds. The Bertz CT molecular complexity index is 126.